The lowest BCUT2D eigenvalue weighted by atomic mass is 10.0. The third-order valence-electron chi connectivity index (χ3n) is 2.84. The number of hydrogen-bond acceptors (Lipinski definition) is 3. The van der Waals surface area contributed by atoms with Crippen molar-refractivity contribution in [2.75, 3.05) is 7.05 Å². The van der Waals surface area contributed by atoms with Gasteiger partial charge in [0.25, 0.3) is 0 Å². The number of nitrogens with two attached hydrogens (primary N) is 1. The van der Waals surface area contributed by atoms with Crippen molar-refractivity contribution >= 4 is 10.0 Å². The van der Waals surface area contributed by atoms with Crippen molar-refractivity contribution in [1.29, 1.82) is 0 Å². The summed E-state index contributed by atoms with van der Waals surface area (Å²) < 4.78 is 23.1. The molecule has 4 nitrogen and oxygen atoms in total. The first kappa shape index (κ1) is 13.7. The molecule has 0 aliphatic rings. The largest absolute Gasteiger partial charge is 0.316 e. The molecule has 2 rings (SSSR count). The Morgan fingerprint density at radius 2 is 1.68 bits per heavy atom. The van der Waals surface area contributed by atoms with Crippen molar-refractivity contribution in [3.05, 3.63) is 54.1 Å². The van der Waals surface area contributed by atoms with Gasteiger partial charge in [0, 0.05) is 12.1 Å². The van der Waals surface area contributed by atoms with E-state index in [9.17, 15) is 8.42 Å². The van der Waals surface area contributed by atoms with Crippen LogP contribution in [-0.4, -0.2) is 15.5 Å². The van der Waals surface area contributed by atoms with Crippen LogP contribution in [0, 0.1) is 0 Å². The van der Waals surface area contributed by atoms with E-state index < -0.39 is 10.0 Å². The number of benzene rings is 2. The molecule has 0 aliphatic carbocycles. The molecule has 0 amide bonds. The van der Waals surface area contributed by atoms with Crippen LogP contribution >= 0.6 is 0 Å². The van der Waals surface area contributed by atoms with Gasteiger partial charge in [0.05, 0.1) is 4.90 Å². The zero-order valence-corrected chi connectivity index (χ0v) is 11.4. The molecule has 2 aromatic rings. The average molecular weight is 276 g/mol. The molecule has 3 N–H and O–H groups in total. The third-order valence-corrected chi connectivity index (χ3v) is 3.81. The zero-order chi connectivity index (χ0) is 13.9. The minimum atomic E-state index is -3.71. The minimum Gasteiger partial charge on any atom is -0.316 e. The first-order valence-electron chi connectivity index (χ1n) is 5.88. The zero-order valence-electron chi connectivity index (χ0n) is 10.6. The molecule has 0 aromatic heterocycles. The maximum Gasteiger partial charge on any atom is 0.238 e. The Labute approximate surface area is 113 Å². The van der Waals surface area contributed by atoms with E-state index in [2.05, 4.69) is 5.32 Å². The molecule has 0 fully saturated rings. The number of primary sulfonamides is 1. The molecular formula is C14H16N2O2S. The second kappa shape index (κ2) is 5.52. The summed E-state index contributed by atoms with van der Waals surface area (Å²) in [5.74, 6) is 0. The molecule has 2 aromatic carbocycles. The highest BCUT2D eigenvalue weighted by atomic mass is 32.2. The van der Waals surface area contributed by atoms with Crippen molar-refractivity contribution in [2.45, 2.75) is 11.4 Å². The minimum absolute atomic E-state index is 0.149. The molecule has 19 heavy (non-hydrogen) atoms. The lowest BCUT2D eigenvalue weighted by Gasteiger charge is -2.08. The van der Waals surface area contributed by atoms with Gasteiger partial charge in [-0.05, 0) is 24.2 Å². The molecule has 5 heteroatoms. The first-order chi connectivity index (χ1) is 9.02. The molecule has 0 aliphatic heterocycles. The van der Waals surface area contributed by atoms with Crippen LogP contribution in [0.15, 0.2) is 53.4 Å². The SMILES string of the molecule is CNCc1ccc(-c2ccccc2S(N)(=O)=O)cc1. The number of nitrogens with one attached hydrogen (secondary N) is 1. The fourth-order valence-electron chi connectivity index (χ4n) is 1.96. The van der Waals surface area contributed by atoms with Crippen LogP contribution < -0.4 is 10.5 Å². The average Bonchev–Trinajstić information content (AvgIpc) is 2.39. The summed E-state index contributed by atoms with van der Waals surface area (Å²) in [6, 6.07) is 14.5. The van der Waals surface area contributed by atoms with Crippen molar-refractivity contribution in [1.82, 2.24) is 5.32 Å². The van der Waals surface area contributed by atoms with Crippen molar-refractivity contribution < 1.29 is 8.42 Å². The van der Waals surface area contributed by atoms with E-state index in [-0.39, 0.29) is 4.90 Å². The molecule has 0 bridgehead atoms. The van der Waals surface area contributed by atoms with E-state index in [1.807, 2.05) is 31.3 Å². The summed E-state index contributed by atoms with van der Waals surface area (Å²) in [7, 11) is -1.84. The van der Waals surface area contributed by atoms with Gasteiger partial charge in [-0.1, -0.05) is 42.5 Å². The van der Waals surface area contributed by atoms with Gasteiger partial charge in [0.15, 0.2) is 0 Å². The Bertz CT molecular complexity index is 664. The van der Waals surface area contributed by atoms with E-state index in [0.717, 1.165) is 17.7 Å². The maximum atomic E-state index is 11.6. The topological polar surface area (TPSA) is 72.2 Å². The first-order valence-corrected chi connectivity index (χ1v) is 7.43. The van der Waals surface area contributed by atoms with Gasteiger partial charge < -0.3 is 5.32 Å². The predicted octanol–water partition coefficient (Wildman–Crippen LogP) is 1.72. The molecule has 100 valence electrons. The number of rotatable bonds is 4. The summed E-state index contributed by atoms with van der Waals surface area (Å²) in [5, 5.41) is 8.30. The van der Waals surface area contributed by atoms with E-state index in [0.29, 0.717) is 5.56 Å². The van der Waals surface area contributed by atoms with Crippen LogP contribution in [0.4, 0.5) is 0 Å². The Hall–Kier alpha value is -1.69. The monoisotopic (exact) mass is 276 g/mol. The van der Waals surface area contributed by atoms with Crippen LogP contribution in [0.25, 0.3) is 11.1 Å². The van der Waals surface area contributed by atoms with E-state index in [4.69, 9.17) is 5.14 Å². The molecule has 0 saturated carbocycles. The summed E-state index contributed by atoms with van der Waals surface area (Å²) >= 11 is 0. The quantitative estimate of drug-likeness (QED) is 0.893. The van der Waals surface area contributed by atoms with Gasteiger partial charge in [0.1, 0.15) is 0 Å². The highest BCUT2D eigenvalue weighted by Gasteiger charge is 2.14. The molecular weight excluding hydrogens is 260 g/mol. The van der Waals surface area contributed by atoms with Crippen LogP contribution in [0.3, 0.4) is 0 Å². The second-order valence-corrected chi connectivity index (χ2v) is 5.80. The summed E-state index contributed by atoms with van der Waals surface area (Å²) in [6.07, 6.45) is 0. The van der Waals surface area contributed by atoms with Crippen LogP contribution in [0.1, 0.15) is 5.56 Å². The van der Waals surface area contributed by atoms with Crippen molar-refractivity contribution in [2.24, 2.45) is 5.14 Å². The standard InChI is InChI=1S/C14H16N2O2S/c1-16-10-11-6-8-12(9-7-11)13-4-2-3-5-14(13)19(15,17)18/h2-9,16H,10H2,1H3,(H2,15,17,18). The number of sulfonamides is 1. The smallest absolute Gasteiger partial charge is 0.238 e. The molecule has 0 saturated heterocycles. The van der Waals surface area contributed by atoms with Gasteiger partial charge >= 0.3 is 0 Å². The highest BCUT2D eigenvalue weighted by molar-refractivity contribution is 7.89. The third kappa shape index (κ3) is 3.20. The molecule has 0 atom stereocenters. The van der Waals surface area contributed by atoms with Crippen molar-refractivity contribution in [3.8, 4) is 11.1 Å². The van der Waals surface area contributed by atoms with Crippen LogP contribution in [-0.2, 0) is 16.6 Å². The van der Waals surface area contributed by atoms with Gasteiger partial charge in [0.2, 0.25) is 10.0 Å². The molecule has 0 unspecified atom stereocenters. The van der Waals surface area contributed by atoms with E-state index in [1.54, 1.807) is 18.2 Å². The van der Waals surface area contributed by atoms with Gasteiger partial charge in [-0.25, -0.2) is 13.6 Å². The lowest BCUT2D eigenvalue weighted by Crippen LogP contribution is -2.13. The van der Waals surface area contributed by atoms with Crippen LogP contribution in [0.2, 0.25) is 0 Å². The van der Waals surface area contributed by atoms with E-state index in [1.165, 1.54) is 6.07 Å². The summed E-state index contributed by atoms with van der Waals surface area (Å²) in [4.78, 5) is 0.149. The van der Waals surface area contributed by atoms with Crippen molar-refractivity contribution in [3.63, 3.8) is 0 Å². The predicted molar refractivity (Wildman–Crippen MR) is 76.0 cm³/mol. The second-order valence-electron chi connectivity index (χ2n) is 4.27. The Balaban J connectivity index is 2.48. The van der Waals surface area contributed by atoms with Gasteiger partial charge in [-0.2, -0.15) is 0 Å². The lowest BCUT2D eigenvalue weighted by molar-refractivity contribution is 0.598. The fourth-order valence-corrected chi connectivity index (χ4v) is 2.72. The molecule has 0 heterocycles. The molecule has 0 radical (unpaired) electrons. The maximum absolute atomic E-state index is 11.6. The Morgan fingerprint density at radius 1 is 1.05 bits per heavy atom. The van der Waals surface area contributed by atoms with Crippen LogP contribution in [0.5, 0.6) is 0 Å². The normalized spacial score (nSPS) is 11.5. The van der Waals surface area contributed by atoms with Gasteiger partial charge in [-0.3, -0.25) is 0 Å². The Kier molecular flexibility index (Phi) is 3.99. The summed E-state index contributed by atoms with van der Waals surface area (Å²) in [6.45, 7) is 0.775. The van der Waals surface area contributed by atoms with Gasteiger partial charge in [-0.15, -0.1) is 0 Å². The fraction of sp³-hybridized carbons (Fsp3) is 0.143. The molecule has 0 spiro atoms. The number of hydrogen-bond donors (Lipinski definition) is 2. The Morgan fingerprint density at radius 3 is 2.26 bits per heavy atom. The highest BCUT2D eigenvalue weighted by Crippen LogP contribution is 2.26. The van der Waals surface area contributed by atoms with E-state index >= 15 is 0 Å². The summed E-state index contributed by atoms with van der Waals surface area (Å²) in [5.41, 5.74) is 2.60.